The van der Waals surface area contributed by atoms with Gasteiger partial charge in [-0.05, 0) is 76.3 Å². The molecule has 0 fully saturated rings. The first-order valence-corrected chi connectivity index (χ1v) is 18.3. The third kappa shape index (κ3) is 4.31. The molecule has 1 aliphatic carbocycles. The smallest absolute Gasteiger partial charge is 0.211 e. The highest BCUT2D eigenvalue weighted by Crippen LogP contribution is 2.53. The van der Waals surface area contributed by atoms with Gasteiger partial charge >= 0.3 is 0 Å². The summed E-state index contributed by atoms with van der Waals surface area (Å²) in [6.45, 7) is 4.74. The van der Waals surface area contributed by atoms with Gasteiger partial charge in [0.05, 0.1) is 22.1 Å². The molecule has 1 N–H and O–H groups in total. The Hall–Kier alpha value is -6.72. The standard InChI is InChI=1S/C48H35N5/c1-48(2)38-20-10-6-16-33(38)36-28-29-42-43(44(36)48)37-19-9-13-23-41(37)52(42)32-26-24-31(25-27-32)46-49-45(30-14-4-3-5-15-30)50-47(51-46)53-39-21-11-7-17-34(39)35-18-8-12-22-40(35)53/h3-29,45H,1-2H3,(H,49,50,51). The molecule has 3 heterocycles. The van der Waals surface area contributed by atoms with Crippen molar-refractivity contribution in [3.63, 3.8) is 0 Å². The summed E-state index contributed by atoms with van der Waals surface area (Å²) < 4.78 is 4.65. The second-order valence-electron chi connectivity index (χ2n) is 14.7. The molecule has 7 aromatic carbocycles. The van der Waals surface area contributed by atoms with Crippen LogP contribution in [0.15, 0.2) is 174 Å². The van der Waals surface area contributed by atoms with Gasteiger partial charge in [0.25, 0.3) is 0 Å². The number of nitrogens with one attached hydrogen (secondary N) is 1. The van der Waals surface area contributed by atoms with Gasteiger partial charge in [-0.15, -0.1) is 0 Å². The van der Waals surface area contributed by atoms with Crippen molar-refractivity contribution >= 4 is 55.4 Å². The minimum Gasteiger partial charge on any atom is -0.330 e. The number of amidine groups is 1. The molecule has 0 saturated heterocycles. The Morgan fingerprint density at radius 1 is 0.528 bits per heavy atom. The van der Waals surface area contributed by atoms with E-state index >= 15 is 0 Å². The Balaban J connectivity index is 1.07. The summed E-state index contributed by atoms with van der Waals surface area (Å²) >= 11 is 0. The van der Waals surface area contributed by atoms with Crippen LogP contribution >= 0.6 is 0 Å². The van der Waals surface area contributed by atoms with E-state index in [1.807, 2.05) is 6.07 Å². The first kappa shape index (κ1) is 30.0. The average Bonchev–Trinajstić information content (AvgIpc) is 3.81. The fourth-order valence-corrected chi connectivity index (χ4v) is 9.01. The second kappa shape index (κ2) is 11.1. The van der Waals surface area contributed by atoms with Crippen LogP contribution in [-0.4, -0.2) is 20.9 Å². The van der Waals surface area contributed by atoms with Crippen LogP contribution in [-0.2, 0) is 5.41 Å². The highest BCUT2D eigenvalue weighted by molar-refractivity contribution is 6.17. The Morgan fingerprint density at radius 3 is 1.85 bits per heavy atom. The second-order valence-corrected chi connectivity index (χ2v) is 14.7. The number of aliphatic imine (C=N–C) groups is 2. The maximum Gasteiger partial charge on any atom is 0.211 e. The normalized spacial score (nSPS) is 16.1. The molecular formula is C48H35N5. The minimum atomic E-state index is -0.301. The fraction of sp³-hybridized carbons (Fsp3) is 0.0833. The lowest BCUT2D eigenvalue weighted by molar-refractivity contribution is 0.661. The van der Waals surface area contributed by atoms with Crippen LogP contribution in [0.1, 0.15) is 42.3 Å². The van der Waals surface area contributed by atoms with Gasteiger partial charge < -0.3 is 9.88 Å². The molecule has 0 radical (unpaired) electrons. The highest BCUT2D eigenvalue weighted by Gasteiger charge is 2.38. The number of fused-ring (bicyclic) bond motifs is 10. The minimum absolute atomic E-state index is 0.112. The van der Waals surface area contributed by atoms with Crippen LogP contribution in [0.4, 0.5) is 0 Å². The van der Waals surface area contributed by atoms with Gasteiger partial charge in [0.1, 0.15) is 6.17 Å². The molecule has 1 aliphatic heterocycles. The molecule has 0 saturated carbocycles. The van der Waals surface area contributed by atoms with Gasteiger partial charge in [-0.1, -0.05) is 129 Å². The molecule has 1 unspecified atom stereocenters. The fourth-order valence-electron chi connectivity index (χ4n) is 9.01. The molecule has 0 spiro atoms. The number of aromatic nitrogens is 2. The van der Waals surface area contributed by atoms with Crippen molar-refractivity contribution in [2.24, 2.45) is 9.98 Å². The lowest BCUT2D eigenvalue weighted by Gasteiger charge is -2.24. The summed E-state index contributed by atoms with van der Waals surface area (Å²) in [7, 11) is 0. The van der Waals surface area contributed by atoms with Gasteiger partial charge in [0.15, 0.2) is 5.84 Å². The molecule has 9 aromatic rings. The molecule has 0 bridgehead atoms. The van der Waals surface area contributed by atoms with Crippen LogP contribution in [0.2, 0.25) is 0 Å². The van der Waals surface area contributed by atoms with E-state index in [-0.39, 0.29) is 11.6 Å². The third-order valence-electron chi connectivity index (χ3n) is 11.4. The lowest BCUT2D eigenvalue weighted by Crippen LogP contribution is -2.37. The summed E-state index contributed by atoms with van der Waals surface area (Å²) in [5, 5.41) is 8.68. The topological polar surface area (TPSA) is 46.6 Å². The van der Waals surface area contributed by atoms with Gasteiger partial charge in [0.2, 0.25) is 5.96 Å². The first-order chi connectivity index (χ1) is 26.1. The molecule has 11 rings (SSSR count). The highest BCUT2D eigenvalue weighted by atomic mass is 15.3. The van der Waals surface area contributed by atoms with Crippen LogP contribution in [0, 0.1) is 0 Å². The maximum atomic E-state index is 5.25. The molecular weight excluding hydrogens is 647 g/mol. The van der Waals surface area contributed by atoms with Crippen LogP contribution in [0.25, 0.3) is 60.4 Å². The Labute approximate surface area is 307 Å². The van der Waals surface area contributed by atoms with E-state index in [9.17, 15) is 0 Å². The Morgan fingerprint density at radius 2 is 1.13 bits per heavy atom. The zero-order valence-electron chi connectivity index (χ0n) is 29.5. The summed E-state index contributed by atoms with van der Waals surface area (Å²) in [5.41, 5.74) is 13.1. The van der Waals surface area contributed by atoms with Gasteiger partial charge in [-0.2, -0.15) is 4.99 Å². The molecule has 1 atom stereocenters. The summed E-state index contributed by atoms with van der Waals surface area (Å²) in [6.07, 6.45) is -0.301. The number of benzene rings is 7. The number of hydrogen-bond acceptors (Lipinski definition) is 3. The van der Waals surface area contributed by atoms with E-state index in [1.165, 1.54) is 54.8 Å². The number of rotatable bonds is 3. The molecule has 53 heavy (non-hydrogen) atoms. The van der Waals surface area contributed by atoms with Crippen molar-refractivity contribution in [3.05, 3.63) is 186 Å². The largest absolute Gasteiger partial charge is 0.330 e. The zero-order valence-corrected chi connectivity index (χ0v) is 29.5. The summed E-state index contributed by atoms with van der Waals surface area (Å²) in [5.74, 6) is 1.45. The van der Waals surface area contributed by atoms with E-state index in [1.54, 1.807) is 0 Å². The third-order valence-corrected chi connectivity index (χ3v) is 11.4. The van der Waals surface area contributed by atoms with E-state index in [0.29, 0.717) is 5.84 Å². The molecule has 0 amide bonds. The average molecular weight is 682 g/mol. The van der Waals surface area contributed by atoms with Crippen molar-refractivity contribution in [1.82, 2.24) is 14.5 Å². The maximum absolute atomic E-state index is 5.25. The van der Waals surface area contributed by atoms with Gasteiger partial charge in [0, 0.05) is 38.2 Å². The Kier molecular flexibility index (Phi) is 6.30. The van der Waals surface area contributed by atoms with E-state index in [2.05, 4.69) is 186 Å². The van der Waals surface area contributed by atoms with Crippen molar-refractivity contribution < 1.29 is 0 Å². The van der Waals surface area contributed by atoms with Crippen molar-refractivity contribution in [3.8, 4) is 16.8 Å². The molecule has 2 aromatic heterocycles. The van der Waals surface area contributed by atoms with E-state index in [4.69, 9.17) is 9.98 Å². The van der Waals surface area contributed by atoms with E-state index < -0.39 is 0 Å². The monoisotopic (exact) mass is 681 g/mol. The van der Waals surface area contributed by atoms with Crippen LogP contribution in [0.5, 0.6) is 0 Å². The summed E-state index contributed by atoms with van der Waals surface area (Å²) in [4.78, 5) is 10.5. The molecule has 5 nitrogen and oxygen atoms in total. The molecule has 2 aliphatic rings. The van der Waals surface area contributed by atoms with Crippen molar-refractivity contribution in [2.75, 3.05) is 0 Å². The number of para-hydroxylation sites is 3. The Bertz CT molecular complexity index is 2940. The van der Waals surface area contributed by atoms with E-state index in [0.717, 1.165) is 33.8 Å². The van der Waals surface area contributed by atoms with Crippen LogP contribution in [0.3, 0.4) is 0 Å². The van der Waals surface area contributed by atoms with Crippen LogP contribution < -0.4 is 5.32 Å². The van der Waals surface area contributed by atoms with Crippen molar-refractivity contribution in [1.29, 1.82) is 0 Å². The van der Waals surface area contributed by atoms with Gasteiger partial charge in [-0.25, -0.2) is 4.99 Å². The lowest BCUT2D eigenvalue weighted by atomic mass is 9.80. The molecule has 252 valence electrons. The first-order valence-electron chi connectivity index (χ1n) is 18.3. The summed E-state index contributed by atoms with van der Waals surface area (Å²) in [6, 6.07) is 58.6. The van der Waals surface area contributed by atoms with Gasteiger partial charge in [-0.3, -0.25) is 4.57 Å². The predicted octanol–water partition coefficient (Wildman–Crippen LogP) is 11.2. The molecule has 5 heteroatoms. The predicted molar refractivity (Wildman–Crippen MR) is 219 cm³/mol. The quantitative estimate of drug-likeness (QED) is 0.198. The SMILES string of the molecule is CC1(C)c2ccccc2-c2ccc3c(c21)c1ccccc1n3-c1ccc(C2=NC(c3ccccc3)NC(n3c4ccccc4c4ccccc43)=N2)cc1. The number of nitrogens with zero attached hydrogens (tertiary/aromatic N) is 4. The van der Waals surface area contributed by atoms with Crippen molar-refractivity contribution in [2.45, 2.75) is 25.4 Å². The zero-order chi connectivity index (χ0) is 35.3. The number of hydrogen-bond donors (Lipinski definition) is 1.